The van der Waals surface area contributed by atoms with Crippen LogP contribution in [0.4, 0.5) is 0 Å². The zero-order chi connectivity index (χ0) is 20.1. The molecule has 3 heterocycles. The Morgan fingerprint density at radius 3 is 2.76 bits per heavy atom. The fraction of sp³-hybridized carbons (Fsp3) is 0.478. The number of halogens is 1. The first-order valence-electron chi connectivity index (χ1n) is 10.5. The first-order chi connectivity index (χ1) is 14.2. The lowest BCUT2D eigenvalue weighted by Crippen LogP contribution is -2.47. The molecule has 1 amide bonds. The number of ether oxygens (including phenoxy) is 1. The molecule has 1 aromatic carbocycles. The highest BCUT2D eigenvalue weighted by Crippen LogP contribution is 2.26. The number of hydrogen-bond acceptors (Lipinski definition) is 4. The molecular formula is C23H28ClN3O2. The fourth-order valence-electron chi connectivity index (χ4n) is 4.21. The summed E-state index contributed by atoms with van der Waals surface area (Å²) >= 11 is 6.32. The van der Waals surface area contributed by atoms with Crippen molar-refractivity contribution in [2.45, 2.75) is 25.2 Å². The Labute approximate surface area is 177 Å². The highest BCUT2D eigenvalue weighted by atomic mass is 35.5. The van der Waals surface area contributed by atoms with Crippen LogP contribution < -0.4 is 0 Å². The first kappa shape index (κ1) is 20.3. The van der Waals surface area contributed by atoms with Crippen molar-refractivity contribution >= 4 is 17.5 Å². The van der Waals surface area contributed by atoms with Gasteiger partial charge in [0.15, 0.2) is 0 Å². The predicted octanol–water partition coefficient (Wildman–Crippen LogP) is 3.36. The second-order valence-corrected chi connectivity index (χ2v) is 8.30. The van der Waals surface area contributed by atoms with E-state index in [0.29, 0.717) is 38.8 Å². The third-order valence-electron chi connectivity index (χ3n) is 5.80. The van der Waals surface area contributed by atoms with Crippen LogP contribution in [-0.4, -0.2) is 66.6 Å². The summed E-state index contributed by atoms with van der Waals surface area (Å²) in [6.45, 7) is 5.08. The number of amides is 1. The summed E-state index contributed by atoms with van der Waals surface area (Å²) in [5.41, 5.74) is 3.26. The quantitative estimate of drug-likeness (QED) is 0.754. The summed E-state index contributed by atoms with van der Waals surface area (Å²) in [6, 6.07) is 14.2. The van der Waals surface area contributed by atoms with E-state index in [1.807, 2.05) is 23.1 Å². The summed E-state index contributed by atoms with van der Waals surface area (Å²) in [5, 5.41) is 0.783. The molecular weight excluding hydrogens is 386 g/mol. The van der Waals surface area contributed by atoms with Crippen molar-refractivity contribution in [3.8, 4) is 0 Å². The van der Waals surface area contributed by atoms with Crippen LogP contribution in [0.15, 0.2) is 42.5 Å². The Kier molecular flexibility index (Phi) is 6.80. The SMILES string of the molecule is O=C(CN1CCC[C@H](c2cccc(Cc3ccccc3Cl)n2)C1)N1CCOCC1. The smallest absolute Gasteiger partial charge is 0.236 e. The van der Waals surface area contributed by atoms with Gasteiger partial charge in [0, 0.05) is 48.4 Å². The standard InChI is InChI=1S/C23H28ClN3O2/c24-21-8-2-1-5-18(21)15-20-7-3-9-22(25-20)19-6-4-10-26(16-19)17-23(28)27-11-13-29-14-12-27/h1-3,5,7-9,19H,4,6,10-17H2/t19-/m0/s1. The molecule has 29 heavy (non-hydrogen) atoms. The van der Waals surface area contributed by atoms with Gasteiger partial charge in [0.05, 0.1) is 19.8 Å². The van der Waals surface area contributed by atoms with E-state index in [9.17, 15) is 4.79 Å². The lowest BCUT2D eigenvalue weighted by atomic mass is 9.94. The van der Waals surface area contributed by atoms with E-state index in [2.05, 4.69) is 29.2 Å². The van der Waals surface area contributed by atoms with Gasteiger partial charge in [0.2, 0.25) is 5.91 Å². The van der Waals surface area contributed by atoms with Crippen LogP contribution in [0.5, 0.6) is 0 Å². The summed E-state index contributed by atoms with van der Waals surface area (Å²) in [6.07, 6.45) is 2.95. The molecule has 0 radical (unpaired) electrons. The van der Waals surface area contributed by atoms with Crippen LogP contribution >= 0.6 is 11.6 Å². The highest BCUT2D eigenvalue weighted by molar-refractivity contribution is 6.31. The van der Waals surface area contributed by atoms with Gasteiger partial charge in [-0.25, -0.2) is 0 Å². The zero-order valence-corrected chi connectivity index (χ0v) is 17.5. The van der Waals surface area contributed by atoms with Crippen molar-refractivity contribution in [3.63, 3.8) is 0 Å². The van der Waals surface area contributed by atoms with Crippen molar-refractivity contribution in [1.29, 1.82) is 0 Å². The number of aromatic nitrogens is 1. The van der Waals surface area contributed by atoms with Gasteiger partial charge in [-0.3, -0.25) is 14.7 Å². The van der Waals surface area contributed by atoms with Crippen molar-refractivity contribution in [2.24, 2.45) is 0 Å². The molecule has 4 rings (SSSR count). The second kappa shape index (κ2) is 9.70. The number of hydrogen-bond donors (Lipinski definition) is 0. The number of nitrogens with zero attached hydrogens (tertiary/aromatic N) is 3. The molecule has 2 fully saturated rings. The van der Waals surface area contributed by atoms with Gasteiger partial charge in [0.25, 0.3) is 0 Å². The summed E-state index contributed by atoms with van der Waals surface area (Å²) in [5.74, 6) is 0.585. The summed E-state index contributed by atoms with van der Waals surface area (Å²) < 4.78 is 5.35. The second-order valence-electron chi connectivity index (χ2n) is 7.89. The van der Waals surface area contributed by atoms with Crippen molar-refractivity contribution < 1.29 is 9.53 Å². The molecule has 2 aliphatic rings. The topological polar surface area (TPSA) is 45.7 Å². The average molecular weight is 414 g/mol. The van der Waals surface area contributed by atoms with Gasteiger partial charge < -0.3 is 9.64 Å². The van der Waals surface area contributed by atoms with Crippen molar-refractivity contribution in [2.75, 3.05) is 45.9 Å². The van der Waals surface area contributed by atoms with E-state index in [0.717, 1.165) is 54.3 Å². The molecule has 6 heteroatoms. The van der Waals surface area contributed by atoms with Crippen molar-refractivity contribution in [1.82, 2.24) is 14.8 Å². The summed E-state index contributed by atoms with van der Waals surface area (Å²) in [7, 11) is 0. The maximum atomic E-state index is 12.6. The van der Waals surface area contributed by atoms with Crippen LogP contribution in [-0.2, 0) is 16.0 Å². The van der Waals surface area contributed by atoms with Gasteiger partial charge in [0.1, 0.15) is 0 Å². The summed E-state index contributed by atoms with van der Waals surface area (Å²) in [4.78, 5) is 21.8. The van der Waals surface area contributed by atoms with Gasteiger partial charge >= 0.3 is 0 Å². The maximum absolute atomic E-state index is 12.6. The number of benzene rings is 1. The molecule has 2 saturated heterocycles. The van der Waals surface area contributed by atoms with Crippen LogP contribution in [0.25, 0.3) is 0 Å². The monoisotopic (exact) mass is 413 g/mol. The third-order valence-corrected chi connectivity index (χ3v) is 6.17. The molecule has 1 atom stereocenters. The number of carbonyl (C=O) groups excluding carboxylic acids is 1. The fourth-order valence-corrected chi connectivity index (χ4v) is 4.41. The number of rotatable bonds is 5. The van der Waals surface area contributed by atoms with E-state index >= 15 is 0 Å². The highest BCUT2D eigenvalue weighted by Gasteiger charge is 2.26. The Bertz CT molecular complexity index is 838. The van der Waals surface area contributed by atoms with Gasteiger partial charge in [-0.05, 0) is 43.1 Å². The largest absolute Gasteiger partial charge is 0.378 e. The minimum atomic E-state index is 0.217. The normalized spacial score (nSPS) is 20.6. The number of likely N-dealkylation sites (tertiary alicyclic amines) is 1. The average Bonchev–Trinajstić information content (AvgIpc) is 2.76. The van der Waals surface area contributed by atoms with E-state index in [1.54, 1.807) is 0 Å². The molecule has 0 spiro atoms. The van der Waals surface area contributed by atoms with E-state index < -0.39 is 0 Å². The molecule has 2 aromatic rings. The van der Waals surface area contributed by atoms with Gasteiger partial charge in [-0.1, -0.05) is 35.9 Å². The molecule has 5 nitrogen and oxygen atoms in total. The van der Waals surface area contributed by atoms with E-state index in [1.165, 1.54) is 0 Å². The molecule has 0 N–H and O–H groups in total. The van der Waals surface area contributed by atoms with Crippen LogP contribution in [0.1, 0.15) is 35.7 Å². The van der Waals surface area contributed by atoms with Crippen LogP contribution in [0.2, 0.25) is 5.02 Å². The molecule has 2 aliphatic heterocycles. The van der Waals surface area contributed by atoms with Crippen molar-refractivity contribution in [3.05, 3.63) is 64.4 Å². The third kappa shape index (κ3) is 5.35. The lowest BCUT2D eigenvalue weighted by molar-refractivity contribution is -0.136. The van der Waals surface area contributed by atoms with Gasteiger partial charge in [-0.2, -0.15) is 0 Å². The van der Waals surface area contributed by atoms with E-state index in [-0.39, 0.29) is 5.91 Å². The zero-order valence-electron chi connectivity index (χ0n) is 16.7. The molecule has 0 aliphatic carbocycles. The van der Waals surface area contributed by atoms with Gasteiger partial charge in [-0.15, -0.1) is 0 Å². The minimum absolute atomic E-state index is 0.217. The maximum Gasteiger partial charge on any atom is 0.236 e. The first-order valence-corrected chi connectivity index (χ1v) is 10.8. The lowest BCUT2D eigenvalue weighted by Gasteiger charge is -2.34. The molecule has 1 aromatic heterocycles. The number of carbonyl (C=O) groups is 1. The Morgan fingerprint density at radius 1 is 1.10 bits per heavy atom. The molecule has 0 bridgehead atoms. The molecule has 154 valence electrons. The van der Waals surface area contributed by atoms with E-state index in [4.69, 9.17) is 21.3 Å². The Hall–Kier alpha value is -1.95. The Balaban J connectivity index is 1.39. The number of morpholine rings is 1. The number of pyridine rings is 1. The Morgan fingerprint density at radius 2 is 1.93 bits per heavy atom. The van der Waals surface area contributed by atoms with Crippen LogP contribution in [0, 0.1) is 0 Å². The number of piperidine rings is 1. The predicted molar refractivity (Wildman–Crippen MR) is 114 cm³/mol. The van der Waals surface area contributed by atoms with Crippen LogP contribution in [0.3, 0.4) is 0 Å². The molecule has 0 unspecified atom stereocenters. The minimum Gasteiger partial charge on any atom is -0.378 e. The molecule has 0 saturated carbocycles.